The lowest BCUT2D eigenvalue weighted by atomic mass is 10.0. The van der Waals surface area contributed by atoms with Crippen LogP contribution in [-0.4, -0.2) is 29.3 Å². The number of aromatic nitrogens is 1. The van der Waals surface area contributed by atoms with E-state index < -0.39 is 0 Å². The molecule has 0 unspecified atom stereocenters. The van der Waals surface area contributed by atoms with Crippen molar-refractivity contribution in [2.45, 2.75) is 27.2 Å². The molecule has 19 heavy (non-hydrogen) atoms. The molecule has 1 aromatic rings. The molecule has 1 aliphatic heterocycles. The standard InChI is InChI=1S/C11H13N3.C2H6.CH2O2/c1-8-5-10(7-14-11(8)12)9-3-2-4-13-6-9;1-2;2-1-3/h3,5-7H,2,4H2,1H3,(H2,12,14);1-2H3;1H,(H,2,3). The molecule has 0 bridgehead atoms. The Kier molecular flexibility index (Phi) is 8.70. The minimum atomic E-state index is -0.250. The number of rotatable bonds is 1. The number of carboxylic acid groups (broad SMARTS) is 1. The maximum Gasteiger partial charge on any atom is 0.290 e. The zero-order valence-corrected chi connectivity index (χ0v) is 11.6. The van der Waals surface area contributed by atoms with Crippen molar-refractivity contribution >= 4 is 24.1 Å². The van der Waals surface area contributed by atoms with Gasteiger partial charge < -0.3 is 10.8 Å². The predicted octanol–water partition coefficient (Wildman–Crippen LogP) is 2.56. The maximum atomic E-state index is 8.36. The molecule has 0 aliphatic carbocycles. The summed E-state index contributed by atoms with van der Waals surface area (Å²) in [5.74, 6) is 0.599. The highest BCUT2D eigenvalue weighted by molar-refractivity contribution is 6.10. The number of nitrogen functional groups attached to an aromatic ring is 1. The lowest BCUT2D eigenvalue weighted by molar-refractivity contribution is -0.122. The fourth-order valence-corrected chi connectivity index (χ4v) is 1.45. The molecule has 0 atom stereocenters. The van der Waals surface area contributed by atoms with Gasteiger partial charge >= 0.3 is 0 Å². The van der Waals surface area contributed by atoms with Crippen LogP contribution < -0.4 is 5.73 Å². The van der Waals surface area contributed by atoms with Gasteiger partial charge in [0.05, 0.1) is 0 Å². The van der Waals surface area contributed by atoms with Crippen LogP contribution in [0.5, 0.6) is 0 Å². The Morgan fingerprint density at radius 3 is 2.53 bits per heavy atom. The second kappa shape index (κ2) is 9.82. The van der Waals surface area contributed by atoms with E-state index in [9.17, 15) is 0 Å². The van der Waals surface area contributed by atoms with Gasteiger partial charge in [0, 0.05) is 24.5 Å². The highest BCUT2D eigenvalue weighted by Crippen LogP contribution is 2.18. The SMILES string of the molecule is CC.Cc1cc(C2=CCCN=C2)cnc1N.O=CO. The van der Waals surface area contributed by atoms with E-state index in [1.165, 1.54) is 0 Å². The van der Waals surface area contributed by atoms with Crippen molar-refractivity contribution in [2.24, 2.45) is 4.99 Å². The van der Waals surface area contributed by atoms with Crippen molar-refractivity contribution in [3.05, 3.63) is 29.5 Å². The highest BCUT2D eigenvalue weighted by atomic mass is 16.3. The Bertz CT molecular complexity index is 454. The van der Waals surface area contributed by atoms with Gasteiger partial charge in [-0.15, -0.1) is 0 Å². The third kappa shape index (κ3) is 5.81. The predicted molar refractivity (Wildman–Crippen MR) is 79.4 cm³/mol. The van der Waals surface area contributed by atoms with Crippen LogP contribution in [0.3, 0.4) is 0 Å². The summed E-state index contributed by atoms with van der Waals surface area (Å²) in [6.45, 7) is 6.61. The molecule has 0 radical (unpaired) electrons. The monoisotopic (exact) mass is 263 g/mol. The van der Waals surface area contributed by atoms with Gasteiger partial charge in [-0.05, 0) is 30.5 Å². The molecule has 0 spiro atoms. The van der Waals surface area contributed by atoms with Crippen LogP contribution in [0, 0.1) is 6.92 Å². The maximum absolute atomic E-state index is 8.36. The van der Waals surface area contributed by atoms with Crippen LogP contribution in [0.25, 0.3) is 5.57 Å². The van der Waals surface area contributed by atoms with Gasteiger partial charge in [-0.2, -0.15) is 0 Å². The Morgan fingerprint density at radius 2 is 2.05 bits per heavy atom. The molecule has 0 saturated carbocycles. The molecule has 3 N–H and O–H groups in total. The fourth-order valence-electron chi connectivity index (χ4n) is 1.45. The van der Waals surface area contributed by atoms with Crippen LogP contribution in [0.4, 0.5) is 5.82 Å². The number of hydrogen-bond donors (Lipinski definition) is 2. The van der Waals surface area contributed by atoms with Gasteiger partial charge in [-0.25, -0.2) is 4.98 Å². The highest BCUT2D eigenvalue weighted by Gasteiger charge is 2.04. The average molecular weight is 263 g/mol. The first kappa shape index (κ1) is 16.8. The number of aliphatic imine (C=N–C) groups is 1. The first-order valence-electron chi connectivity index (χ1n) is 6.19. The fraction of sp³-hybridized carbons (Fsp3) is 0.357. The molecular weight excluding hydrogens is 242 g/mol. The summed E-state index contributed by atoms with van der Waals surface area (Å²) >= 11 is 0. The molecule has 2 heterocycles. The van der Waals surface area contributed by atoms with Gasteiger partial charge in [0.1, 0.15) is 5.82 Å². The molecule has 104 valence electrons. The topological polar surface area (TPSA) is 88.6 Å². The third-order valence-electron chi connectivity index (χ3n) is 2.30. The quantitative estimate of drug-likeness (QED) is 0.762. The summed E-state index contributed by atoms with van der Waals surface area (Å²) in [5, 5.41) is 6.89. The van der Waals surface area contributed by atoms with Crippen molar-refractivity contribution in [1.29, 1.82) is 0 Å². The number of nitrogens with two attached hydrogens (primary N) is 1. The smallest absolute Gasteiger partial charge is 0.290 e. The van der Waals surface area contributed by atoms with Crippen LogP contribution in [0.15, 0.2) is 23.3 Å². The second-order valence-corrected chi connectivity index (χ2v) is 3.51. The van der Waals surface area contributed by atoms with Gasteiger partial charge in [0.15, 0.2) is 0 Å². The van der Waals surface area contributed by atoms with E-state index in [0.717, 1.165) is 29.7 Å². The number of nitrogens with zero attached hydrogens (tertiary/aromatic N) is 2. The summed E-state index contributed by atoms with van der Waals surface area (Å²) in [4.78, 5) is 16.7. The van der Waals surface area contributed by atoms with E-state index in [0.29, 0.717) is 5.82 Å². The van der Waals surface area contributed by atoms with E-state index in [1.807, 2.05) is 33.1 Å². The number of aryl methyl sites for hydroxylation is 1. The Morgan fingerprint density at radius 1 is 1.42 bits per heavy atom. The minimum absolute atomic E-state index is 0.250. The van der Waals surface area contributed by atoms with Gasteiger partial charge in [0.25, 0.3) is 6.47 Å². The molecule has 0 amide bonds. The lowest BCUT2D eigenvalue weighted by Gasteiger charge is -2.07. The summed E-state index contributed by atoms with van der Waals surface area (Å²) < 4.78 is 0. The summed E-state index contributed by atoms with van der Waals surface area (Å²) in [6.07, 6.45) is 6.89. The number of hydrogen-bond acceptors (Lipinski definition) is 4. The zero-order valence-electron chi connectivity index (χ0n) is 11.6. The van der Waals surface area contributed by atoms with Crippen LogP contribution in [0.2, 0.25) is 0 Å². The van der Waals surface area contributed by atoms with Gasteiger partial charge in [-0.1, -0.05) is 19.9 Å². The molecule has 0 fully saturated rings. The number of allylic oxidation sites excluding steroid dienone is 1. The molecular formula is C14H21N3O2. The van der Waals surface area contributed by atoms with Gasteiger partial charge in [0.2, 0.25) is 0 Å². The van der Waals surface area contributed by atoms with E-state index in [4.69, 9.17) is 15.6 Å². The van der Waals surface area contributed by atoms with Crippen molar-refractivity contribution in [2.75, 3.05) is 12.3 Å². The summed E-state index contributed by atoms with van der Waals surface area (Å²) in [6, 6.07) is 2.05. The van der Waals surface area contributed by atoms with E-state index in [-0.39, 0.29) is 6.47 Å². The Balaban J connectivity index is 0.000000573. The average Bonchev–Trinajstić information content (AvgIpc) is 2.46. The number of dihydropyridines is 1. The van der Waals surface area contributed by atoms with Crippen LogP contribution in [0.1, 0.15) is 31.4 Å². The van der Waals surface area contributed by atoms with E-state index in [2.05, 4.69) is 16.1 Å². The molecule has 5 nitrogen and oxygen atoms in total. The number of pyridine rings is 1. The molecule has 5 heteroatoms. The number of anilines is 1. The van der Waals surface area contributed by atoms with Gasteiger partial charge in [-0.3, -0.25) is 9.79 Å². The second-order valence-electron chi connectivity index (χ2n) is 3.51. The molecule has 0 aromatic carbocycles. The van der Waals surface area contributed by atoms with Crippen molar-refractivity contribution < 1.29 is 9.90 Å². The normalized spacial score (nSPS) is 12.3. The first-order chi connectivity index (χ1) is 9.19. The summed E-state index contributed by atoms with van der Waals surface area (Å²) in [5.41, 5.74) is 8.91. The van der Waals surface area contributed by atoms with Crippen molar-refractivity contribution in [3.8, 4) is 0 Å². The molecule has 0 saturated heterocycles. The van der Waals surface area contributed by atoms with E-state index >= 15 is 0 Å². The molecule has 1 aliphatic rings. The van der Waals surface area contributed by atoms with E-state index in [1.54, 1.807) is 6.20 Å². The molecule has 2 rings (SSSR count). The van der Waals surface area contributed by atoms with Crippen molar-refractivity contribution in [3.63, 3.8) is 0 Å². The summed E-state index contributed by atoms with van der Waals surface area (Å²) in [7, 11) is 0. The minimum Gasteiger partial charge on any atom is -0.483 e. The van der Waals surface area contributed by atoms with Crippen LogP contribution in [-0.2, 0) is 4.79 Å². The van der Waals surface area contributed by atoms with Crippen LogP contribution >= 0.6 is 0 Å². The Hall–Kier alpha value is -2.17. The Labute approximate surface area is 113 Å². The first-order valence-corrected chi connectivity index (χ1v) is 6.19. The molecule has 1 aromatic heterocycles. The largest absolute Gasteiger partial charge is 0.483 e. The lowest BCUT2D eigenvalue weighted by Crippen LogP contribution is -1.98. The van der Waals surface area contributed by atoms with Crippen molar-refractivity contribution in [1.82, 2.24) is 4.98 Å². The third-order valence-corrected chi connectivity index (χ3v) is 2.30. The number of carbonyl (C=O) groups is 1. The zero-order chi connectivity index (χ0) is 14.7.